The van der Waals surface area contributed by atoms with Crippen LogP contribution in [0.3, 0.4) is 0 Å². The first-order valence-corrected chi connectivity index (χ1v) is 11.9. The molecule has 33 heavy (non-hydrogen) atoms. The fourth-order valence-electron chi connectivity index (χ4n) is 3.47. The third-order valence-electron chi connectivity index (χ3n) is 5.12. The molecule has 0 bridgehead atoms. The second-order valence-corrected chi connectivity index (χ2v) is 9.50. The summed E-state index contributed by atoms with van der Waals surface area (Å²) >= 11 is 0. The Labute approximate surface area is 189 Å². The first-order valence-electron chi connectivity index (χ1n) is 9.98. The Bertz CT molecular complexity index is 1250. The predicted octanol–water partition coefficient (Wildman–Crippen LogP) is 3.57. The molecular formula is C23H21F3N2O4S. The maximum absolute atomic E-state index is 13.0. The SMILES string of the molecule is CCc1cccc(C(NC(=O)C2C=CC(C(F)(F)F)=NC2=O)c2ccccc2S(C)(=O)=O)c1. The molecule has 3 rings (SSSR count). The van der Waals surface area contributed by atoms with E-state index in [9.17, 15) is 31.2 Å². The quantitative estimate of drug-likeness (QED) is 0.643. The summed E-state index contributed by atoms with van der Waals surface area (Å²) in [6, 6.07) is 12.2. The number of halogens is 3. The van der Waals surface area contributed by atoms with E-state index in [2.05, 4.69) is 10.3 Å². The number of sulfone groups is 1. The van der Waals surface area contributed by atoms with E-state index in [4.69, 9.17) is 0 Å². The highest BCUT2D eigenvalue weighted by molar-refractivity contribution is 7.90. The number of nitrogens with one attached hydrogen (secondary N) is 1. The van der Waals surface area contributed by atoms with E-state index in [1.807, 2.05) is 13.0 Å². The fraction of sp³-hybridized carbons (Fsp3) is 0.261. The van der Waals surface area contributed by atoms with Crippen molar-refractivity contribution in [1.29, 1.82) is 0 Å². The summed E-state index contributed by atoms with van der Waals surface area (Å²) in [5.74, 6) is -3.71. The molecule has 0 saturated carbocycles. The average molecular weight is 478 g/mol. The number of aliphatic imine (C=N–C) groups is 1. The van der Waals surface area contributed by atoms with Crippen molar-refractivity contribution in [1.82, 2.24) is 5.32 Å². The molecule has 0 radical (unpaired) electrons. The molecule has 2 amide bonds. The first kappa shape index (κ1) is 24.4. The smallest absolute Gasteiger partial charge is 0.344 e. The molecule has 10 heteroatoms. The van der Waals surface area contributed by atoms with Crippen molar-refractivity contribution in [2.45, 2.75) is 30.5 Å². The number of amides is 2. The number of rotatable bonds is 6. The molecule has 0 aliphatic carbocycles. The number of nitrogens with zero attached hydrogens (tertiary/aromatic N) is 1. The number of allylic oxidation sites excluding steroid dienone is 1. The Morgan fingerprint density at radius 3 is 2.45 bits per heavy atom. The lowest BCUT2D eigenvalue weighted by Gasteiger charge is -2.24. The van der Waals surface area contributed by atoms with Crippen molar-refractivity contribution in [2.24, 2.45) is 10.9 Å². The molecule has 1 aliphatic heterocycles. The second kappa shape index (κ2) is 9.30. The van der Waals surface area contributed by atoms with Crippen LogP contribution in [-0.2, 0) is 25.8 Å². The molecule has 2 aromatic rings. The van der Waals surface area contributed by atoms with Gasteiger partial charge >= 0.3 is 6.18 Å². The fourth-order valence-corrected chi connectivity index (χ4v) is 4.41. The number of carbonyl (C=O) groups is 2. The molecule has 6 nitrogen and oxygen atoms in total. The molecule has 1 heterocycles. The highest BCUT2D eigenvalue weighted by Crippen LogP contribution is 2.30. The average Bonchev–Trinajstić information content (AvgIpc) is 2.76. The minimum atomic E-state index is -4.81. The maximum Gasteiger partial charge on any atom is 0.433 e. The van der Waals surface area contributed by atoms with Crippen LogP contribution in [0.4, 0.5) is 13.2 Å². The van der Waals surface area contributed by atoms with Gasteiger partial charge in [-0.3, -0.25) is 9.59 Å². The summed E-state index contributed by atoms with van der Waals surface area (Å²) in [5.41, 5.74) is 0.377. The number of hydrogen-bond acceptors (Lipinski definition) is 4. The topological polar surface area (TPSA) is 92.7 Å². The van der Waals surface area contributed by atoms with Crippen LogP contribution in [0, 0.1) is 5.92 Å². The summed E-state index contributed by atoms with van der Waals surface area (Å²) in [6.07, 6.45) is -1.67. The zero-order chi connectivity index (χ0) is 24.4. The lowest BCUT2D eigenvalue weighted by atomic mass is 9.95. The normalized spacial score (nSPS) is 17.4. The second-order valence-electron chi connectivity index (χ2n) is 7.52. The van der Waals surface area contributed by atoms with E-state index in [-0.39, 0.29) is 10.5 Å². The molecule has 1 aliphatic rings. The summed E-state index contributed by atoms with van der Waals surface area (Å²) in [7, 11) is -3.68. The third kappa shape index (κ3) is 5.57. The van der Waals surface area contributed by atoms with Gasteiger partial charge in [0.05, 0.1) is 10.9 Å². The summed E-state index contributed by atoms with van der Waals surface area (Å²) in [5, 5.41) is 2.64. The zero-order valence-corrected chi connectivity index (χ0v) is 18.6. The molecular weight excluding hydrogens is 457 g/mol. The van der Waals surface area contributed by atoms with E-state index in [0.717, 1.165) is 17.9 Å². The molecule has 1 N–H and O–H groups in total. The Hall–Kier alpha value is -3.27. The van der Waals surface area contributed by atoms with E-state index < -0.39 is 45.5 Å². The van der Waals surface area contributed by atoms with E-state index in [1.54, 1.807) is 36.4 Å². The van der Waals surface area contributed by atoms with Gasteiger partial charge in [0.25, 0.3) is 5.91 Å². The van der Waals surface area contributed by atoms with Gasteiger partial charge in [-0.25, -0.2) is 13.4 Å². The molecule has 0 aromatic heterocycles. The van der Waals surface area contributed by atoms with Gasteiger partial charge in [0.15, 0.2) is 9.84 Å². The zero-order valence-electron chi connectivity index (χ0n) is 17.8. The first-order chi connectivity index (χ1) is 15.4. The number of aryl methyl sites for hydroxylation is 1. The van der Waals surface area contributed by atoms with Crippen LogP contribution in [0.2, 0.25) is 0 Å². The maximum atomic E-state index is 13.0. The molecule has 0 saturated heterocycles. The van der Waals surface area contributed by atoms with Crippen LogP contribution in [0.25, 0.3) is 0 Å². The van der Waals surface area contributed by atoms with Gasteiger partial charge in [0, 0.05) is 6.26 Å². The molecule has 0 fully saturated rings. The van der Waals surface area contributed by atoms with Crippen molar-refractivity contribution in [3.63, 3.8) is 0 Å². The van der Waals surface area contributed by atoms with E-state index >= 15 is 0 Å². The van der Waals surface area contributed by atoms with Crippen LogP contribution >= 0.6 is 0 Å². The number of dihydropyridines is 1. The lowest BCUT2D eigenvalue weighted by Crippen LogP contribution is -2.39. The lowest BCUT2D eigenvalue weighted by molar-refractivity contribution is -0.132. The third-order valence-corrected chi connectivity index (χ3v) is 6.30. The van der Waals surface area contributed by atoms with Gasteiger partial charge in [0.1, 0.15) is 11.6 Å². The molecule has 0 spiro atoms. The van der Waals surface area contributed by atoms with Gasteiger partial charge in [-0.2, -0.15) is 13.2 Å². The molecule has 174 valence electrons. The van der Waals surface area contributed by atoms with Crippen LogP contribution in [0.1, 0.15) is 29.7 Å². The van der Waals surface area contributed by atoms with Crippen molar-refractivity contribution in [3.8, 4) is 0 Å². The van der Waals surface area contributed by atoms with Crippen LogP contribution in [0.5, 0.6) is 0 Å². The number of hydrogen-bond donors (Lipinski definition) is 1. The van der Waals surface area contributed by atoms with Crippen LogP contribution < -0.4 is 5.32 Å². The number of alkyl halides is 3. The Balaban J connectivity index is 2.02. The van der Waals surface area contributed by atoms with Crippen molar-refractivity contribution >= 4 is 27.4 Å². The van der Waals surface area contributed by atoms with Crippen molar-refractivity contribution < 1.29 is 31.2 Å². The molecule has 2 unspecified atom stereocenters. The monoisotopic (exact) mass is 478 g/mol. The van der Waals surface area contributed by atoms with Crippen molar-refractivity contribution in [3.05, 3.63) is 77.4 Å². The number of benzene rings is 2. The minimum Gasteiger partial charge on any atom is -0.344 e. The minimum absolute atomic E-state index is 0.0138. The summed E-state index contributed by atoms with van der Waals surface area (Å²) in [4.78, 5) is 28.1. The predicted molar refractivity (Wildman–Crippen MR) is 116 cm³/mol. The van der Waals surface area contributed by atoms with Crippen molar-refractivity contribution in [2.75, 3.05) is 6.26 Å². The largest absolute Gasteiger partial charge is 0.433 e. The van der Waals surface area contributed by atoms with Gasteiger partial charge in [-0.05, 0) is 35.3 Å². The van der Waals surface area contributed by atoms with Gasteiger partial charge in [0.2, 0.25) is 5.91 Å². The standard InChI is InChI=1S/C23H21F3N2O4S/c1-3-14-7-6-8-15(13-14)20(16-9-4-5-10-18(16)33(2,31)32)28-22(30)17-11-12-19(23(24,25)26)27-21(17)29/h4-13,17,20H,3H2,1-2H3,(H,28,30). The summed E-state index contributed by atoms with van der Waals surface area (Å²) < 4.78 is 63.3. The Morgan fingerprint density at radius 1 is 1.15 bits per heavy atom. The molecule has 2 aromatic carbocycles. The van der Waals surface area contributed by atoms with E-state index in [0.29, 0.717) is 18.1 Å². The van der Waals surface area contributed by atoms with Crippen LogP contribution in [0.15, 0.2) is 70.6 Å². The number of carbonyl (C=O) groups excluding carboxylic acids is 2. The highest BCUT2D eigenvalue weighted by Gasteiger charge is 2.39. The molecule has 2 atom stereocenters. The highest BCUT2D eigenvalue weighted by atomic mass is 32.2. The van der Waals surface area contributed by atoms with Gasteiger partial charge in [-0.1, -0.05) is 55.5 Å². The van der Waals surface area contributed by atoms with Crippen LogP contribution in [-0.4, -0.2) is 38.4 Å². The van der Waals surface area contributed by atoms with E-state index in [1.165, 1.54) is 6.07 Å². The van der Waals surface area contributed by atoms with Gasteiger partial charge < -0.3 is 5.32 Å². The Morgan fingerprint density at radius 2 is 1.85 bits per heavy atom. The Kier molecular flexibility index (Phi) is 6.87. The summed E-state index contributed by atoms with van der Waals surface area (Å²) in [6.45, 7) is 1.93. The van der Waals surface area contributed by atoms with Gasteiger partial charge in [-0.15, -0.1) is 0 Å².